The molecule has 1 rings (SSSR count). The van der Waals surface area contributed by atoms with Gasteiger partial charge in [-0.2, -0.15) is 0 Å². The molecule has 5 nitrogen and oxygen atoms in total. The predicted octanol–water partition coefficient (Wildman–Crippen LogP) is 2.20. The Kier molecular flexibility index (Phi) is 8.26. The van der Waals surface area contributed by atoms with E-state index in [0.717, 1.165) is 31.6 Å². The van der Waals surface area contributed by atoms with E-state index in [2.05, 4.69) is 12.2 Å². The molecule has 0 radical (unpaired) electrons. The number of ether oxygens (including phenoxy) is 1. The van der Waals surface area contributed by atoms with Crippen LogP contribution < -0.4 is 5.32 Å². The van der Waals surface area contributed by atoms with E-state index in [0.29, 0.717) is 6.54 Å². The average molecular weight is 285 g/mol. The third-order valence-corrected chi connectivity index (χ3v) is 3.95. The molecule has 1 fully saturated rings. The second-order valence-corrected chi connectivity index (χ2v) is 5.60. The summed E-state index contributed by atoms with van der Waals surface area (Å²) in [6, 6.07) is 0. The first kappa shape index (κ1) is 17.0. The van der Waals surface area contributed by atoms with Gasteiger partial charge < -0.3 is 15.2 Å². The number of unbranched alkanes of at least 4 members (excludes halogenated alkanes) is 1. The molecule has 1 saturated carbocycles. The standard InChI is InChI=1S/C15H27NO4/c1-2-3-4-12-5-7-13(8-6-12)15(19)16-9-10-20-11-14(17)18/h12-13H,2-11H2,1H3,(H,16,19)(H,17,18). The number of carboxylic acid groups (broad SMARTS) is 1. The fourth-order valence-corrected chi connectivity index (χ4v) is 2.76. The van der Waals surface area contributed by atoms with Crippen LogP contribution in [0.2, 0.25) is 0 Å². The number of carbonyl (C=O) groups is 2. The van der Waals surface area contributed by atoms with E-state index in [1.165, 1.54) is 19.3 Å². The van der Waals surface area contributed by atoms with Crippen molar-refractivity contribution in [1.29, 1.82) is 0 Å². The summed E-state index contributed by atoms with van der Waals surface area (Å²) in [6.45, 7) is 2.55. The molecule has 1 aliphatic carbocycles. The van der Waals surface area contributed by atoms with Gasteiger partial charge in [0.25, 0.3) is 0 Å². The Labute approximate surface area is 121 Å². The van der Waals surface area contributed by atoms with Crippen LogP contribution in [0.3, 0.4) is 0 Å². The molecular weight excluding hydrogens is 258 g/mol. The molecule has 20 heavy (non-hydrogen) atoms. The highest BCUT2D eigenvalue weighted by molar-refractivity contribution is 5.78. The minimum Gasteiger partial charge on any atom is -0.480 e. The fourth-order valence-electron chi connectivity index (χ4n) is 2.76. The molecule has 1 aliphatic rings. The van der Waals surface area contributed by atoms with Crippen molar-refractivity contribution < 1.29 is 19.4 Å². The lowest BCUT2D eigenvalue weighted by Crippen LogP contribution is -2.35. The van der Waals surface area contributed by atoms with Crippen molar-refractivity contribution >= 4 is 11.9 Å². The number of amides is 1. The fraction of sp³-hybridized carbons (Fsp3) is 0.867. The third-order valence-electron chi connectivity index (χ3n) is 3.95. The molecule has 0 bridgehead atoms. The van der Waals surface area contributed by atoms with Gasteiger partial charge >= 0.3 is 5.97 Å². The maximum Gasteiger partial charge on any atom is 0.329 e. The zero-order valence-corrected chi connectivity index (χ0v) is 12.4. The van der Waals surface area contributed by atoms with Gasteiger partial charge in [0.05, 0.1) is 6.61 Å². The molecule has 116 valence electrons. The van der Waals surface area contributed by atoms with Gasteiger partial charge in [0.1, 0.15) is 6.61 Å². The van der Waals surface area contributed by atoms with E-state index in [9.17, 15) is 9.59 Å². The summed E-state index contributed by atoms with van der Waals surface area (Å²) < 4.78 is 4.88. The van der Waals surface area contributed by atoms with Crippen LogP contribution in [0, 0.1) is 11.8 Å². The van der Waals surface area contributed by atoms with Crippen molar-refractivity contribution in [2.24, 2.45) is 11.8 Å². The normalized spacial score (nSPS) is 22.4. The molecular formula is C15H27NO4. The summed E-state index contributed by atoms with van der Waals surface area (Å²) in [4.78, 5) is 22.2. The minimum atomic E-state index is -0.985. The largest absolute Gasteiger partial charge is 0.480 e. The number of aliphatic carboxylic acids is 1. The molecule has 0 aromatic rings. The molecule has 0 aromatic heterocycles. The Balaban J connectivity index is 2.08. The van der Waals surface area contributed by atoms with Crippen LogP contribution in [0.15, 0.2) is 0 Å². The second-order valence-electron chi connectivity index (χ2n) is 5.60. The molecule has 2 N–H and O–H groups in total. The van der Waals surface area contributed by atoms with E-state index in [4.69, 9.17) is 9.84 Å². The molecule has 0 aliphatic heterocycles. The number of rotatable bonds is 9. The van der Waals surface area contributed by atoms with Gasteiger partial charge in [0.2, 0.25) is 5.91 Å². The van der Waals surface area contributed by atoms with Crippen molar-refractivity contribution in [3.05, 3.63) is 0 Å². The maximum absolute atomic E-state index is 11.9. The Hall–Kier alpha value is -1.10. The lowest BCUT2D eigenvalue weighted by atomic mass is 9.79. The van der Waals surface area contributed by atoms with E-state index in [1.54, 1.807) is 0 Å². The van der Waals surface area contributed by atoms with Crippen LogP contribution in [0.25, 0.3) is 0 Å². The summed E-state index contributed by atoms with van der Waals surface area (Å²) in [5, 5.41) is 11.2. The first-order chi connectivity index (χ1) is 9.63. The quantitative estimate of drug-likeness (QED) is 0.637. The summed E-state index contributed by atoms with van der Waals surface area (Å²) >= 11 is 0. The smallest absolute Gasteiger partial charge is 0.329 e. The van der Waals surface area contributed by atoms with Gasteiger partial charge in [0, 0.05) is 12.5 Å². The van der Waals surface area contributed by atoms with Gasteiger partial charge in [-0.05, 0) is 31.6 Å². The number of hydrogen-bond acceptors (Lipinski definition) is 3. The van der Waals surface area contributed by atoms with Crippen molar-refractivity contribution in [2.45, 2.75) is 51.9 Å². The summed E-state index contributed by atoms with van der Waals surface area (Å²) in [7, 11) is 0. The lowest BCUT2D eigenvalue weighted by molar-refractivity contribution is -0.142. The Morgan fingerprint density at radius 1 is 1.25 bits per heavy atom. The van der Waals surface area contributed by atoms with Crippen LogP contribution in [0.1, 0.15) is 51.9 Å². The molecule has 0 unspecified atom stereocenters. The van der Waals surface area contributed by atoms with Crippen molar-refractivity contribution in [3.8, 4) is 0 Å². The zero-order valence-electron chi connectivity index (χ0n) is 12.4. The zero-order chi connectivity index (χ0) is 14.8. The molecule has 1 amide bonds. The monoisotopic (exact) mass is 285 g/mol. The van der Waals surface area contributed by atoms with E-state index in [1.807, 2.05) is 0 Å². The van der Waals surface area contributed by atoms with Crippen LogP contribution >= 0.6 is 0 Å². The average Bonchev–Trinajstić information content (AvgIpc) is 2.44. The van der Waals surface area contributed by atoms with Crippen molar-refractivity contribution in [3.63, 3.8) is 0 Å². The number of hydrogen-bond donors (Lipinski definition) is 2. The third kappa shape index (κ3) is 6.89. The van der Waals surface area contributed by atoms with Gasteiger partial charge in [-0.15, -0.1) is 0 Å². The molecule has 0 atom stereocenters. The van der Waals surface area contributed by atoms with Gasteiger partial charge in [0.15, 0.2) is 0 Å². The van der Waals surface area contributed by atoms with Gasteiger partial charge in [-0.1, -0.05) is 26.2 Å². The molecule has 0 spiro atoms. The summed E-state index contributed by atoms with van der Waals surface area (Å²) in [6.07, 6.45) is 8.13. The Morgan fingerprint density at radius 2 is 1.95 bits per heavy atom. The highest BCUT2D eigenvalue weighted by Crippen LogP contribution is 2.31. The van der Waals surface area contributed by atoms with E-state index < -0.39 is 5.97 Å². The first-order valence-corrected chi connectivity index (χ1v) is 7.70. The van der Waals surface area contributed by atoms with Gasteiger partial charge in [-0.3, -0.25) is 4.79 Å². The summed E-state index contributed by atoms with van der Waals surface area (Å²) in [5.41, 5.74) is 0. The van der Waals surface area contributed by atoms with E-state index in [-0.39, 0.29) is 25.0 Å². The highest BCUT2D eigenvalue weighted by Gasteiger charge is 2.25. The van der Waals surface area contributed by atoms with Crippen LogP contribution in [-0.2, 0) is 14.3 Å². The van der Waals surface area contributed by atoms with Crippen LogP contribution in [-0.4, -0.2) is 36.7 Å². The molecule has 0 saturated heterocycles. The minimum absolute atomic E-state index is 0.0952. The number of carbonyl (C=O) groups excluding carboxylic acids is 1. The van der Waals surface area contributed by atoms with Crippen LogP contribution in [0.5, 0.6) is 0 Å². The van der Waals surface area contributed by atoms with Crippen molar-refractivity contribution in [2.75, 3.05) is 19.8 Å². The SMILES string of the molecule is CCCCC1CCC(C(=O)NCCOCC(=O)O)CC1. The van der Waals surface area contributed by atoms with Gasteiger partial charge in [-0.25, -0.2) is 4.79 Å². The lowest BCUT2D eigenvalue weighted by Gasteiger charge is -2.27. The van der Waals surface area contributed by atoms with Crippen molar-refractivity contribution in [1.82, 2.24) is 5.32 Å². The number of carboxylic acids is 1. The second kappa shape index (κ2) is 9.75. The highest BCUT2D eigenvalue weighted by atomic mass is 16.5. The molecule has 0 aromatic carbocycles. The Bertz CT molecular complexity index is 298. The molecule has 5 heteroatoms. The number of nitrogens with one attached hydrogen (secondary N) is 1. The summed E-state index contributed by atoms with van der Waals surface area (Å²) in [5.74, 6) is 0.0462. The topological polar surface area (TPSA) is 75.6 Å². The first-order valence-electron chi connectivity index (χ1n) is 7.70. The maximum atomic E-state index is 11.9. The predicted molar refractivity (Wildman–Crippen MR) is 76.4 cm³/mol. The molecule has 0 heterocycles. The van der Waals surface area contributed by atoms with Crippen LogP contribution in [0.4, 0.5) is 0 Å². The Morgan fingerprint density at radius 3 is 2.55 bits per heavy atom. The van der Waals surface area contributed by atoms with E-state index >= 15 is 0 Å².